The lowest BCUT2D eigenvalue weighted by molar-refractivity contribution is -0.115. The molecule has 1 saturated heterocycles. The molecule has 6 heteroatoms. The van der Waals surface area contributed by atoms with E-state index in [-0.39, 0.29) is 5.91 Å². The number of carbonyl (C=O) groups excluding carboxylic acids is 1. The standard InChI is InChI=1S/C20H20ClN3OS/c1-3-24(4-2)15-11-9-14(10-12-15)13-18-19(25)23-20(26-18)22-17-8-6-5-7-16(17)21/h5-13H,3-4H2,1-2H3,(H,22,23,25). The van der Waals surface area contributed by atoms with Crippen molar-refractivity contribution in [3.05, 3.63) is 64.0 Å². The van der Waals surface area contributed by atoms with Crippen LogP contribution in [0.4, 0.5) is 11.4 Å². The second-order valence-corrected chi connectivity index (χ2v) is 7.13. The fourth-order valence-electron chi connectivity index (χ4n) is 2.65. The van der Waals surface area contributed by atoms with Gasteiger partial charge >= 0.3 is 0 Å². The van der Waals surface area contributed by atoms with Crippen molar-refractivity contribution in [2.45, 2.75) is 13.8 Å². The van der Waals surface area contributed by atoms with Gasteiger partial charge in [0, 0.05) is 18.8 Å². The highest BCUT2D eigenvalue weighted by Gasteiger charge is 2.24. The van der Waals surface area contributed by atoms with E-state index in [1.54, 1.807) is 6.07 Å². The van der Waals surface area contributed by atoms with E-state index in [4.69, 9.17) is 11.6 Å². The Morgan fingerprint density at radius 1 is 1.12 bits per heavy atom. The Morgan fingerprint density at radius 3 is 2.46 bits per heavy atom. The molecule has 0 atom stereocenters. The minimum absolute atomic E-state index is 0.145. The van der Waals surface area contributed by atoms with Crippen molar-refractivity contribution in [2.24, 2.45) is 4.99 Å². The van der Waals surface area contributed by atoms with Gasteiger partial charge in [-0.3, -0.25) is 4.79 Å². The molecule has 1 aliphatic rings. The maximum Gasteiger partial charge on any atom is 0.264 e. The number of amides is 1. The number of nitrogens with zero attached hydrogens (tertiary/aromatic N) is 2. The highest BCUT2D eigenvalue weighted by atomic mass is 35.5. The molecule has 0 spiro atoms. The summed E-state index contributed by atoms with van der Waals surface area (Å²) in [6.07, 6.45) is 1.88. The van der Waals surface area contributed by atoms with Crippen molar-refractivity contribution in [1.82, 2.24) is 5.32 Å². The number of carbonyl (C=O) groups is 1. The lowest BCUT2D eigenvalue weighted by Crippen LogP contribution is -2.21. The zero-order chi connectivity index (χ0) is 18.5. The fourth-order valence-corrected chi connectivity index (χ4v) is 3.67. The summed E-state index contributed by atoms with van der Waals surface area (Å²) in [5.41, 5.74) is 2.81. The van der Waals surface area contributed by atoms with E-state index in [0.717, 1.165) is 18.7 Å². The van der Waals surface area contributed by atoms with E-state index in [1.165, 1.54) is 17.4 Å². The van der Waals surface area contributed by atoms with E-state index in [9.17, 15) is 4.79 Å². The third-order valence-corrected chi connectivity index (χ3v) is 5.27. The number of rotatable bonds is 5. The average Bonchev–Trinajstić information content (AvgIpc) is 2.98. The minimum Gasteiger partial charge on any atom is -0.372 e. The van der Waals surface area contributed by atoms with Gasteiger partial charge in [0.05, 0.1) is 15.6 Å². The van der Waals surface area contributed by atoms with Gasteiger partial charge in [-0.05, 0) is 61.5 Å². The van der Waals surface area contributed by atoms with Crippen LogP contribution in [0.3, 0.4) is 0 Å². The number of hydrogen-bond donors (Lipinski definition) is 1. The van der Waals surface area contributed by atoms with Crippen LogP contribution in [0.25, 0.3) is 6.08 Å². The summed E-state index contributed by atoms with van der Waals surface area (Å²) in [6.45, 7) is 6.21. The van der Waals surface area contributed by atoms with Crippen molar-refractivity contribution >= 4 is 51.9 Å². The molecule has 0 saturated carbocycles. The maximum absolute atomic E-state index is 12.2. The highest BCUT2D eigenvalue weighted by molar-refractivity contribution is 8.18. The predicted molar refractivity (Wildman–Crippen MR) is 112 cm³/mol. The molecule has 0 aliphatic carbocycles. The Morgan fingerprint density at radius 2 is 1.81 bits per heavy atom. The highest BCUT2D eigenvalue weighted by Crippen LogP contribution is 2.31. The molecular weight excluding hydrogens is 366 g/mol. The minimum atomic E-state index is -0.145. The number of amidine groups is 1. The Balaban J connectivity index is 1.77. The third-order valence-electron chi connectivity index (χ3n) is 4.04. The van der Waals surface area contributed by atoms with Gasteiger partial charge in [-0.15, -0.1) is 0 Å². The van der Waals surface area contributed by atoms with Gasteiger partial charge in [0.15, 0.2) is 5.17 Å². The number of thioether (sulfide) groups is 1. The first-order chi connectivity index (χ1) is 12.6. The summed E-state index contributed by atoms with van der Waals surface area (Å²) in [5, 5.41) is 3.88. The first-order valence-electron chi connectivity index (χ1n) is 8.49. The molecule has 0 aromatic heterocycles. The average molecular weight is 386 g/mol. The Bertz CT molecular complexity index is 858. The molecule has 1 amide bonds. The van der Waals surface area contributed by atoms with Crippen molar-refractivity contribution < 1.29 is 4.79 Å². The van der Waals surface area contributed by atoms with Gasteiger partial charge in [0.2, 0.25) is 0 Å². The van der Waals surface area contributed by atoms with Gasteiger partial charge in [0.25, 0.3) is 5.91 Å². The number of anilines is 1. The van der Waals surface area contributed by atoms with Crippen LogP contribution in [0.5, 0.6) is 0 Å². The lowest BCUT2D eigenvalue weighted by atomic mass is 10.2. The smallest absolute Gasteiger partial charge is 0.264 e. The van der Waals surface area contributed by atoms with Crippen LogP contribution in [-0.4, -0.2) is 24.2 Å². The van der Waals surface area contributed by atoms with Crippen molar-refractivity contribution in [3.63, 3.8) is 0 Å². The van der Waals surface area contributed by atoms with Crippen molar-refractivity contribution in [2.75, 3.05) is 18.0 Å². The number of para-hydroxylation sites is 1. The molecule has 26 heavy (non-hydrogen) atoms. The van der Waals surface area contributed by atoms with E-state index < -0.39 is 0 Å². The van der Waals surface area contributed by atoms with Crippen LogP contribution in [0.15, 0.2) is 58.4 Å². The summed E-state index contributed by atoms with van der Waals surface area (Å²) >= 11 is 7.44. The van der Waals surface area contributed by atoms with Gasteiger partial charge in [-0.2, -0.15) is 0 Å². The quantitative estimate of drug-likeness (QED) is 0.730. The molecule has 134 valence electrons. The van der Waals surface area contributed by atoms with Gasteiger partial charge in [-0.25, -0.2) is 4.99 Å². The van der Waals surface area contributed by atoms with E-state index in [0.29, 0.717) is 20.8 Å². The Hall–Kier alpha value is -2.24. The molecule has 4 nitrogen and oxygen atoms in total. The molecule has 2 aromatic rings. The molecule has 1 aliphatic heterocycles. The van der Waals surface area contributed by atoms with Crippen LogP contribution < -0.4 is 10.2 Å². The first kappa shape index (κ1) is 18.5. The molecule has 2 aromatic carbocycles. The zero-order valence-electron chi connectivity index (χ0n) is 14.7. The topological polar surface area (TPSA) is 44.7 Å². The predicted octanol–water partition coefficient (Wildman–Crippen LogP) is 5.08. The van der Waals surface area contributed by atoms with E-state index >= 15 is 0 Å². The van der Waals surface area contributed by atoms with Gasteiger partial charge in [-0.1, -0.05) is 35.9 Å². The number of hydrogen-bond acceptors (Lipinski definition) is 4. The normalized spacial score (nSPS) is 17.0. The lowest BCUT2D eigenvalue weighted by Gasteiger charge is -2.20. The number of benzene rings is 2. The number of nitrogens with one attached hydrogen (secondary N) is 1. The first-order valence-corrected chi connectivity index (χ1v) is 9.69. The molecule has 3 rings (SSSR count). The largest absolute Gasteiger partial charge is 0.372 e. The van der Waals surface area contributed by atoms with E-state index in [2.05, 4.69) is 41.2 Å². The van der Waals surface area contributed by atoms with Crippen molar-refractivity contribution in [1.29, 1.82) is 0 Å². The number of aliphatic imine (C=N–C) groups is 1. The molecule has 0 bridgehead atoms. The van der Waals surface area contributed by atoms with Crippen LogP contribution in [0, 0.1) is 0 Å². The third kappa shape index (κ3) is 4.29. The SMILES string of the molecule is CCN(CC)c1ccc(C=C2SC(=Nc3ccccc3Cl)NC2=O)cc1. The van der Waals surface area contributed by atoms with Gasteiger partial charge in [0.1, 0.15) is 0 Å². The molecule has 0 radical (unpaired) electrons. The summed E-state index contributed by atoms with van der Waals surface area (Å²) in [6, 6.07) is 15.5. The molecule has 1 fully saturated rings. The monoisotopic (exact) mass is 385 g/mol. The zero-order valence-corrected chi connectivity index (χ0v) is 16.3. The molecule has 1 heterocycles. The van der Waals surface area contributed by atoms with Crippen LogP contribution in [0.1, 0.15) is 19.4 Å². The van der Waals surface area contributed by atoms with Crippen LogP contribution >= 0.6 is 23.4 Å². The maximum atomic E-state index is 12.2. The van der Waals surface area contributed by atoms with Gasteiger partial charge < -0.3 is 10.2 Å². The van der Waals surface area contributed by atoms with Crippen molar-refractivity contribution in [3.8, 4) is 0 Å². The summed E-state index contributed by atoms with van der Waals surface area (Å²) < 4.78 is 0. The summed E-state index contributed by atoms with van der Waals surface area (Å²) in [7, 11) is 0. The molecule has 1 N–H and O–H groups in total. The summed E-state index contributed by atoms with van der Waals surface area (Å²) in [5.74, 6) is -0.145. The molecular formula is C20H20ClN3OS. The second-order valence-electron chi connectivity index (χ2n) is 5.70. The number of halogens is 1. The van der Waals surface area contributed by atoms with Crippen LogP contribution in [0.2, 0.25) is 5.02 Å². The van der Waals surface area contributed by atoms with E-state index in [1.807, 2.05) is 36.4 Å². The molecule has 0 unspecified atom stereocenters. The second kappa shape index (κ2) is 8.43. The Labute approximate surface area is 163 Å². The summed E-state index contributed by atoms with van der Waals surface area (Å²) in [4.78, 5) is 19.5. The Kier molecular flexibility index (Phi) is 6.01. The van der Waals surface area contributed by atoms with Crippen LogP contribution in [-0.2, 0) is 4.79 Å². The fraction of sp³-hybridized carbons (Fsp3) is 0.200.